The Balaban J connectivity index is 0.00000289. The Hall–Kier alpha value is -1.42. The monoisotopic (exact) mass is 557 g/mol. The second-order valence-electron chi connectivity index (χ2n) is 9.22. The molecule has 6 nitrogen and oxygen atoms in total. The van der Waals surface area contributed by atoms with E-state index < -0.39 is 0 Å². The summed E-state index contributed by atoms with van der Waals surface area (Å²) in [5.41, 5.74) is 0.706. The highest BCUT2D eigenvalue weighted by Gasteiger charge is 2.46. The first kappa shape index (κ1) is 25.2. The van der Waals surface area contributed by atoms with Gasteiger partial charge >= 0.3 is 0 Å². The maximum absolute atomic E-state index is 14.3. The highest BCUT2D eigenvalue weighted by atomic mass is 127. The molecule has 8 heteroatoms. The molecule has 0 aromatic heterocycles. The van der Waals surface area contributed by atoms with E-state index in [-0.39, 0.29) is 41.1 Å². The smallest absolute Gasteiger partial charge is 0.236 e. The van der Waals surface area contributed by atoms with Crippen molar-refractivity contribution in [1.82, 2.24) is 20.0 Å². The molecule has 1 aliphatic carbocycles. The third-order valence-electron chi connectivity index (χ3n) is 7.08. The van der Waals surface area contributed by atoms with Crippen LogP contribution in [0.15, 0.2) is 29.3 Å². The van der Waals surface area contributed by atoms with Gasteiger partial charge in [0.1, 0.15) is 5.82 Å². The first-order chi connectivity index (χ1) is 15.1. The van der Waals surface area contributed by atoms with Crippen LogP contribution in [0, 0.1) is 5.82 Å². The van der Waals surface area contributed by atoms with Gasteiger partial charge in [0.25, 0.3) is 0 Å². The molecule has 0 radical (unpaired) electrons. The number of carbonyl (C=O) groups is 1. The zero-order valence-electron chi connectivity index (χ0n) is 19.2. The average molecular weight is 557 g/mol. The van der Waals surface area contributed by atoms with E-state index in [1.165, 1.54) is 12.8 Å². The van der Waals surface area contributed by atoms with E-state index in [1.807, 2.05) is 12.1 Å². The molecular weight excluding hydrogens is 520 g/mol. The first-order valence-corrected chi connectivity index (χ1v) is 11.8. The van der Waals surface area contributed by atoms with Gasteiger partial charge in [-0.25, -0.2) is 4.39 Å². The van der Waals surface area contributed by atoms with Gasteiger partial charge in [-0.05, 0) is 37.3 Å². The highest BCUT2D eigenvalue weighted by Crippen LogP contribution is 2.48. The molecule has 178 valence electrons. The molecule has 0 spiro atoms. The number of nitrogens with one attached hydrogen (secondary N) is 1. The van der Waals surface area contributed by atoms with Gasteiger partial charge in [-0.1, -0.05) is 31.0 Å². The van der Waals surface area contributed by atoms with Crippen molar-refractivity contribution in [3.8, 4) is 0 Å². The van der Waals surface area contributed by atoms with Gasteiger partial charge in [0.2, 0.25) is 5.91 Å². The van der Waals surface area contributed by atoms with Crippen LogP contribution in [0.1, 0.15) is 44.1 Å². The van der Waals surface area contributed by atoms with E-state index in [1.54, 1.807) is 19.2 Å². The summed E-state index contributed by atoms with van der Waals surface area (Å²) in [6, 6.07) is 7.13. The normalized spacial score (nSPS) is 21.5. The minimum absolute atomic E-state index is 0. The number of benzene rings is 1. The summed E-state index contributed by atoms with van der Waals surface area (Å²) >= 11 is 0. The van der Waals surface area contributed by atoms with E-state index in [4.69, 9.17) is 0 Å². The van der Waals surface area contributed by atoms with E-state index in [9.17, 15) is 9.18 Å². The summed E-state index contributed by atoms with van der Waals surface area (Å²) in [6.07, 6.45) is 6.76. The summed E-state index contributed by atoms with van der Waals surface area (Å²) < 4.78 is 14.3. The lowest BCUT2D eigenvalue weighted by molar-refractivity contribution is -0.132. The Morgan fingerprint density at radius 1 is 1.00 bits per heavy atom. The van der Waals surface area contributed by atoms with Crippen molar-refractivity contribution in [2.75, 3.05) is 59.4 Å². The summed E-state index contributed by atoms with van der Waals surface area (Å²) in [5, 5.41) is 3.50. The minimum atomic E-state index is -0.112. The van der Waals surface area contributed by atoms with Crippen LogP contribution in [-0.2, 0) is 10.2 Å². The van der Waals surface area contributed by atoms with Crippen LogP contribution in [0.2, 0.25) is 0 Å². The van der Waals surface area contributed by atoms with Gasteiger partial charge in [-0.2, -0.15) is 0 Å². The molecule has 2 saturated heterocycles. The molecule has 3 aliphatic rings. The number of halogens is 2. The molecule has 32 heavy (non-hydrogen) atoms. The molecule has 0 atom stereocenters. The largest absolute Gasteiger partial charge is 0.355 e. The molecule has 1 amide bonds. The van der Waals surface area contributed by atoms with E-state index >= 15 is 0 Å². The van der Waals surface area contributed by atoms with Gasteiger partial charge < -0.3 is 15.1 Å². The predicted molar refractivity (Wildman–Crippen MR) is 137 cm³/mol. The van der Waals surface area contributed by atoms with Crippen LogP contribution in [0.3, 0.4) is 0 Å². The van der Waals surface area contributed by atoms with Gasteiger partial charge in [-0.3, -0.25) is 14.7 Å². The van der Waals surface area contributed by atoms with Crippen molar-refractivity contribution in [2.45, 2.75) is 43.9 Å². The Labute approximate surface area is 208 Å². The fraction of sp³-hybridized carbons (Fsp3) is 0.667. The molecule has 0 unspecified atom stereocenters. The summed E-state index contributed by atoms with van der Waals surface area (Å²) in [6.45, 7) is 6.47. The minimum Gasteiger partial charge on any atom is -0.355 e. The van der Waals surface area contributed by atoms with E-state index in [0.717, 1.165) is 76.5 Å². The topological polar surface area (TPSA) is 51.2 Å². The van der Waals surface area contributed by atoms with Crippen molar-refractivity contribution in [2.24, 2.45) is 4.99 Å². The second kappa shape index (κ2) is 11.6. The van der Waals surface area contributed by atoms with Crippen molar-refractivity contribution in [1.29, 1.82) is 0 Å². The number of carbonyl (C=O) groups excluding carboxylic acids is 1. The van der Waals surface area contributed by atoms with Gasteiger partial charge in [0.15, 0.2) is 5.96 Å². The molecule has 2 heterocycles. The van der Waals surface area contributed by atoms with E-state index in [2.05, 4.69) is 25.0 Å². The molecule has 1 saturated carbocycles. The lowest BCUT2D eigenvalue weighted by Crippen LogP contribution is -2.55. The number of guanidine groups is 1. The van der Waals surface area contributed by atoms with Crippen molar-refractivity contribution >= 4 is 35.8 Å². The Bertz CT molecular complexity index is 784. The SMILES string of the molecule is CN=C(NCC1(c2ccccc2F)CC1)N1CCN(CC(=O)N2CCCCCC2)CC1.I. The lowest BCUT2D eigenvalue weighted by Gasteiger charge is -2.37. The summed E-state index contributed by atoms with van der Waals surface area (Å²) in [4.78, 5) is 23.7. The van der Waals surface area contributed by atoms with Crippen LogP contribution in [0.4, 0.5) is 4.39 Å². The number of nitrogens with zero attached hydrogens (tertiary/aromatic N) is 4. The van der Waals surface area contributed by atoms with Crippen LogP contribution in [0.25, 0.3) is 0 Å². The standard InChI is InChI=1S/C24H36FN5O.HI/c1-26-23(27-19-24(10-11-24)20-8-4-5-9-21(20)25)30-16-14-28(15-17-30)18-22(31)29-12-6-2-3-7-13-29;/h4-5,8-9H,2-3,6-7,10-19H2,1H3,(H,26,27);1H. The number of rotatable bonds is 5. The number of hydrogen-bond acceptors (Lipinski definition) is 3. The van der Waals surface area contributed by atoms with Crippen molar-refractivity contribution in [3.05, 3.63) is 35.6 Å². The highest BCUT2D eigenvalue weighted by molar-refractivity contribution is 14.0. The van der Waals surface area contributed by atoms with Crippen LogP contribution in [0.5, 0.6) is 0 Å². The Morgan fingerprint density at radius 2 is 1.66 bits per heavy atom. The number of piperazine rings is 1. The quantitative estimate of drug-likeness (QED) is 0.344. The average Bonchev–Trinajstić information content (AvgIpc) is 3.60. The Morgan fingerprint density at radius 3 is 2.25 bits per heavy atom. The molecular formula is C24H37FIN5O. The van der Waals surface area contributed by atoms with Crippen LogP contribution < -0.4 is 5.32 Å². The number of amides is 1. The summed E-state index contributed by atoms with van der Waals surface area (Å²) in [7, 11) is 1.81. The number of likely N-dealkylation sites (tertiary alicyclic amines) is 1. The predicted octanol–water partition coefficient (Wildman–Crippen LogP) is 3.07. The molecule has 1 aromatic rings. The van der Waals surface area contributed by atoms with Crippen molar-refractivity contribution in [3.63, 3.8) is 0 Å². The number of aliphatic imine (C=N–C) groups is 1. The maximum Gasteiger partial charge on any atom is 0.236 e. The molecule has 3 fully saturated rings. The number of hydrogen-bond donors (Lipinski definition) is 1. The van der Waals surface area contributed by atoms with Crippen LogP contribution in [-0.4, -0.2) is 86.0 Å². The molecule has 4 rings (SSSR count). The summed E-state index contributed by atoms with van der Waals surface area (Å²) in [5.74, 6) is 1.04. The van der Waals surface area contributed by atoms with Gasteiger partial charge in [0, 0.05) is 58.3 Å². The third kappa shape index (κ3) is 6.12. The van der Waals surface area contributed by atoms with Gasteiger partial charge in [0.05, 0.1) is 6.54 Å². The molecule has 2 aliphatic heterocycles. The zero-order valence-corrected chi connectivity index (χ0v) is 21.5. The van der Waals surface area contributed by atoms with Crippen molar-refractivity contribution < 1.29 is 9.18 Å². The zero-order chi connectivity index (χ0) is 21.7. The van der Waals surface area contributed by atoms with Gasteiger partial charge in [-0.15, -0.1) is 24.0 Å². The fourth-order valence-electron chi connectivity index (χ4n) is 4.89. The fourth-order valence-corrected chi connectivity index (χ4v) is 4.89. The maximum atomic E-state index is 14.3. The molecule has 1 N–H and O–H groups in total. The lowest BCUT2D eigenvalue weighted by atomic mass is 9.95. The molecule has 1 aromatic carbocycles. The first-order valence-electron chi connectivity index (χ1n) is 11.8. The van der Waals surface area contributed by atoms with Crippen LogP contribution >= 0.6 is 24.0 Å². The van der Waals surface area contributed by atoms with E-state index in [0.29, 0.717) is 13.1 Å². The third-order valence-corrected chi connectivity index (χ3v) is 7.08. The molecule has 0 bridgehead atoms. The Kier molecular flexibility index (Phi) is 9.16. The second-order valence-corrected chi connectivity index (χ2v) is 9.22.